The van der Waals surface area contributed by atoms with Gasteiger partial charge in [-0.1, -0.05) is 23.2 Å². The third-order valence-corrected chi connectivity index (χ3v) is 6.23. The fraction of sp³-hybridized carbons (Fsp3) is 0.0455. The maximum Gasteiger partial charge on any atom is 0.294 e. The summed E-state index contributed by atoms with van der Waals surface area (Å²) in [5.74, 6) is -1.63. The van der Waals surface area contributed by atoms with E-state index < -0.39 is 34.3 Å². The maximum absolute atomic E-state index is 13.3. The number of anilines is 1. The standard InChI is InChI=1S/C22H12Cl2FN3O6S/c23-15-4-2-12(28(32)33)8-14(15)18-6-3-13(34-18)9-19-21(30)27(22(31)35-19)10-20(29)26-11-1-5-17(25)16(24)7-11/h1-9H,10H2,(H,26,29)/b19-9+. The van der Waals surface area contributed by atoms with Crippen LogP contribution in [0, 0.1) is 15.9 Å². The van der Waals surface area contributed by atoms with E-state index in [1.807, 2.05) is 0 Å². The monoisotopic (exact) mass is 535 g/mol. The van der Waals surface area contributed by atoms with Crippen LogP contribution in [-0.2, 0) is 9.59 Å². The van der Waals surface area contributed by atoms with Gasteiger partial charge in [-0.05, 0) is 48.2 Å². The van der Waals surface area contributed by atoms with E-state index in [0.717, 1.165) is 11.0 Å². The number of hydrogen-bond donors (Lipinski definition) is 1. The molecule has 1 N–H and O–H groups in total. The lowest BCUT2D eigenvalue weighted by Crippen LogP contribution is -2.36. The number of carbonyl (C=O) groups excluding carboxylic acids is 3. The van der Waals surface area contributed by atoms with Crippen LogP contribution in [0.5, 0.6) is 0 Å². The molecule has 2 aromatic carbocycles. The molecule has 0 saturated carbocycles. The highest BCUT2D eigenvalue weighted by Gasteiger charge is 2.36. The Labute approximate surface area is 210 Å². The Kier molecular flexibility index (Phi) is 6.92. The third-order valence-electron chi connectivity index (χ3n) is 4.71. The Hall–Kier alpha value is -3.67. The second kappa shape index (κ2) is 9.90. The van der Waals surface area contributed by atoms with Gasteiger partial charge in [0.15, 0.2) is 0 Å². The molecule has 3 aromatic rings. The molecule has 1 aromatic heterocycles. The van der Waals surface area contributed by atoms with E-state index in [0.29, 0.717) is 11.8 Å². The van der Waals surface area contributed by atoms with Crippen molar-refractivity contribution in [2.75, 3.05) is 11.9 Å². The van der Waals surface area contributed by atoms with Crippen molar-refractivity contribution >= 4 is 69.5 Å². The Bertz CT molecular complexity index is 1420. The zero-order valence-corrected chi connectivity index (χ0v) is 19.6. The van der Waals surface area contributed by atoms with E-state index in [-0.39, 0.29) is 43.4 Å². The van der Waals surface area contributed by atoms with Crippen molar-refractivity contribution in [1.82, 2.24) is 4.90 Å². The molecule has 9 nitrogen and oxygen atoms in total. The summed E-state index contributed by atoms with van der Waals surface area (Å²) in [4.78, 5) is 48.5. The first-order valence-corrected chi connectivity index (χ1v) is 11.2. The van der Waals surface area contributed by atoms with Crippen LogP contribution in [0.3, 0.4) is 0 Å². The Morgan fingerprint density at radius 3 is 2.63 bits per heavy atom. The van der Waals surface area contributed by atoms with Crippen LogP contribution < -0.4 is 5.32 Å². The van der Waals surface area contributed by atoms with E-state index >= 15 is 0 Å². The zero-order chi connectivity index (χ0) is 25.3. The van der Waals surface area contributed by atoms with E-state index in [4.69, 9.17) is 27.6 Å². The fourth-order valence-electron chi connectivity index (χ4n) is 3.07. The predicted octanol–water partition coefficient (Wildman–Crippen LogP) is 5.98. The Morgan fingerprint density at radius 1 is 1.14 bits per heavy atom. The van der Waals surface area contributed by atoms with Crippen molar-refractivity contribution in [2.45, 2.75) is 0 Å². The fourth-order valence-corrected chi connectivity index (χ4v) is 4.28. The van der Waals surface area contributed by atoms with Gasteiger partial charge in [0.2, 0.25) is 5.91 Å². The predicted molar refractivity (Wildman–Crippen MR) is 129 cm³/mol. The minimum atomic E-state index is -0.710. The first-order chi connectivity index (χ1) is 16.6. The van der Waals surface area contributed by atoms with Crippen molar-refractivity contribution in [1.29, 1.82) is 0 Å². The number of nitrogens with one attached hydrogen (secondary N) is 1. The number of carbonyl (C=O) groups is 3. The number of nitrogens with zero attached hydrogens (tertiary/aromatic N) is 2. The molecule has 2 heterocycles. The molecule has 4 rings (SSSR count). The van der Waals surface area contributed by atoms with Gasteiger partial charge in [-0.2, -0.15) is 0 Å². The Balaban J connectivity index is 1.48. The molecule has 0 aliphatic carbocycles. The summed E-state index contributed by atoms with van der Waals surface area (Å²) in [5.41, 5.74) is 0.308. The molecular formula is C22H12Cl2FN3O6S. The molecule has 3 amide bonds. The van der Waals surface area contributed by atoms with Crippen molar-refractivity contribution in [3.8, 4) is 11.3 Å². The number of benzene rings is 2. The zero-order valence-electron chi connectivity index (χ0n) is 17.3. The van der Waals surface area contributed by atoms with Crippen LogP contribution in [0.25, 0.3) is 17.4 Å². The summed E-state index contributed by atoms with van der Waals surface area (Å²) in [7, 11) is 0. The second-order valence-electron chi connectivity index (χ2n) is 7.07. The second-order valence-corrected chi connectivity index (χ2v) is 8.88. The van der Waals surface area contributed by atoms with Gasteiger partial charge in [-0.25, -0.2) is 4.39 Å². The number of nitro groups is 1. The molecule has 35 heavy (non-hydrogen) atoms. The summed E-state index contributed by atoms with van der Waals surface area (Å²) in [6, 6.07) is 10.5. The number of rotatable bonds is 6. The van der Waals surface area contributed by atoms with Crippen molar-refractivity contribution in [3.05, 3.63) is 85.2 Å². The average Bonchev–Trinajstić information content (AvgIpc) is 3.36. The van der Waals surface area contributed by atoms with Crippen molar-refractivity contribution in [3.63, 3.8) is 0 Å². The molecule has 0 radical (unpaired) electrons. The number of nitro benzene ring substituents is 1. The van der Waals surface area contributed by atoms with Gasteiger partial charge in [-0.15, -0.1) is 0 Å². The smallest absolute Gasteiger partial charge is 0.294 e. The van der Waals surface area contributed by atoms with Crippen LogP contribution >= 0.6 is 35.0 Å². The molecular weight excluding hydrogens is 524 g/mol. The molecule has 1 aliphatic rings. The van der Waals surface area contributed by atoms with Crippen molar-refractivity contribution in [2.24, 2.45) is 0 Å². The molecule has 1 saturated heterocycles. The minimum absolute atomic E-state index is 0.0127. The summed E-state index contributed by atoms with van der Waals surface area (Å²) in [5, 5.41) is 12.8. The Morgan fingerprint density at radius 2 is 1.91 bits per heavy atom. The van der Waals surface area contributed by atoms with Gasteiger partial charge in [0.1, 0.15) is 23.9 Å². The average molecular weight is 536 g/mol. The van der Waals surface area contributed by atoms with Gasteiger partial charge >= 0.3 is 0 Å². The number of furan rings is 1. The van der Waals surface area contributed by atoms with Gasteiger partial charge in [0.05, 0.1) is 19.9 Å². The molecule has 1 aliphatic heterocycles. The van der Waals surface area contributed by atoms with E-state index in [2.05, 4.69) is 5.32 Å². The lowest BCUT2D eigenvalue weighted by atomic mass is 10.1. The third kappa shape index (κ3) is 5.37. The number of non-ortho nitro benzene ring substituents is 1. The highest BCUT2D eigenvalue weighted by atomic mass is 35.5. The topological polar surface area (TPSA) is 123 Å². The molecule has 0 atom stereocenters. The van der Waals surface area contributed by atoms with Crippen LogP contribution in [0.4, 0.5) is 20.6 Å². The number of halogens is 3. The SMILES string of the molecule is O=C(CN1C(=O)S/C(=C/c2ccc(-c3cc([N+](=O)[O-])ccc3Cl)o2)C1=O)Nc1ccc(F)c(Cl)c1. The molecule has 0 bridgehead atoms. The van der Waals surface area contributed by atoms with E-state index in [1.165, 1.54) is 48.5 Å². The summed E-state index contributed by atoms with van der Waals surface area (Å²) < 4.78 is 18.9. The van der Waals surface area contributed by atoms with Gasteiger partial charge in [-0.3, -0.25) is 29.4 Å². The minimum Gasteiger partial charge on any atom is -0.457 e. The lowest BCUT2D eigenvalue weighted by Gasteiger charge is -2.12. The first kappa shape index (κ1) is 24.5. The maximum atomic E-state index is 13.3. The van der Waals surface area contributed by atoms with E-state index in [9.17, 15) is 28.9 Å². The molecule has 178 valence electrons. The van der Waals surface area contributed by atoms with Crippen LogP contribution in [-0.4, -0.2) is 33.4 Å². The van der Waals surface area contributed by atoms with Crippen molar-refractivity contribution < 1.29 is 28.1 Å². The lowest BCUT2D eigenvalue weighted by molar-refractivity contribution is -0.384. The first-order valence-electron chi connectivity index (χ1n) is 9.67. The van der Waals surface area contributed by atoms with Gasteiger partial charge < -0.3 is 9.73 Å². The highest BCUT2D eigenvalue weighted by molar-refractivity contribution is 8.18. The summed E-state index contributed by atoms with van der Waals surface area (Å²) in [6.45, 7) is -0.566. The highest BCUT2D eigenvalue weighted by Crippen LogP contribution is 2.35. The number of thioether (sulfide) groups is 1. The number of hydrogen-bond acceptors (Lipinski definition) is 7. The number of imide groups is 1. The normalized spacial score (nSPS) is 14.6. The van der Waals surface area contributed by atoms with E-state index in [1.54, 1.807) is 0 Å². The summed E-state index contributed by atoms with van der Waals surface area (Å²) in [6.07, 6.45) is 1.32. The van der Waals surface area contributed by atoms with Crippen LogP contribution in [0.1, 0.15) is 5.76 Å². The number of amides is 3. The van der Waals surface area contributed by atoms with Crippen LogP contribution in [0.2, 0.25) is 10.0 Å². The van der Waals surface area contributed by atoms with Gasteiger partial charge in [0, 0.05) is 29.5 Å². The summed E-state index contributed by atoms with van der Waals surface area (Å²) >= 11 is 12.4. The molecule has 0 spiro atoms. The molecule has 0 unspecified atom stereocenters. The van der Waals surface area contributed by atoms with Gasteiger partial charge in [0.25, 0.3) is 16.8 Å². The molecule has 1 fully saturated rings. The quantitative estimate of drug-likeness (QED) is 0.234. The van der Waals surface area contributed by atoms with Crippen LogP contribution in [0.15, 0.2) is 57.9 Å². The molecule has 13 heteroatoms. The largest absolute Gasteiger partial charge is 0.457 e.